The number of thioether (sulfide) groups is 1. The molecule has 1 aromatic carbocycles. The van der Waals surface area contributed by atoms with Gasteiger partial charge in [-0.05, 0) is 25.0 Å². The monoisotopic (exact) mass is 253 g/mol. The smallest absolute Gasteiger partial charge is 0.0590 e. The van der Waals surface area contributed by atoms with E-state index in [9.17, 15) is 0 Å². The average Bonchev–Trinajstić information content (AvgIpc) is 2.35. The third-order valence-corrected chi connectivity index (χ3v) is 3.58. The summed E-state index contributed by atoms with van der Waals surface area (Å²) < 4.78 is 5.26. The number of nitrogens with one attached hydrogen (secondary N) is 1. The Hall–Kier alpha value is -0.510. The summed E-state index contributed by atoms with van der Waals surface area (Å²) in [5.41, 5.74) is 2.84. The summed E-state index contributed by atoms with van der Waals surface area (Å²) in [7, 11) is 0. The average molecular weight is 253 g/mol. The first-order valence-corrected chi connectivity index (χ1v) is 7.40. The molecule has 17 heavy (non-hydrogen) atoms. The van der Waals surface area contributed by atoms with Gasteiger partial charge in [0.15, 0.2) is 0 Å². The minimum Gasteiger partial charge on any atom is -0.380 e. The Balaban J connectivity index is 1.99. The normalized spacial score (nSPS) is 10.7. The van der Waals surface area contributed by atoms with E-state index in [1.54, 1.807) is 0 Å². The third-order valence-electron chi connectivity index (χ3n) is 2.57. The van der Waals surface area contributed by atoms with Crippen LogP contribution in [0.4, 0.5) is 0 Å². The van der Waals surface area contributed by atoms with E-state index in [-0.39, 0.29) is 0 Å². The summed E-state index contributed by atoms with van der Waals surface area (Å²) in [4.78, 5) is 0. The first kappa shape index (κ1) is 14.6. The molecule has 0 bridgehead atoms. The van der Waals surface area contributed by atoms with E-state index in [0.29, 0.717) is 0 Å². The van der Waals surface area contributed by atoms with Gasteiger partial charge in [0.05, 0.1) is 6.61 Å². The zero-order valence-corrected chi connectivity index (χ0v) is 11.7. The van der Waals surface area contributed by atoms with Crippen molar-refractivity contribution in [2.45, 2.75) is 19.6 Å². The van der Waals surface area contributed by atoms with Crippen molar-refractivity contribution >= 4 is 11.8 Å². The lowest BCUT2D eigenvalue weighted by molar-refractivity contribution is 0.150. The Kier molecular flexibility index (Phi) is 8.14. The summed E-state index contributed by atoms with van der Waals surface area (Å²) >= 11 is 1.98. The summed E-state index contributed by atoms with van der Waals surface area (Å²) in [5.74, 6) is 2.26. The van der Waals surface area contributed by atoms with E-state index >= 15 is 0 Å². The van der Waals surface area contributed by atoms with Gasteiger partial charge in [-0.1, -0.05) is 24.3 Å². The van der Waals surface area contributed by atoms with Gasteiger partial charge in [0.2, 0.25) is 0 Å². The van der Waals surface area contributed by atoms with Gasteiger partial charge in [0.25, 0.3) is 0 Å². The van der Waals surface area contributed by atoms with Crippen LogP contribution in [0.15, 0.2) is 24.3 Å². The van der Waals surface area contributed by atoms with Crippen molar-refractivity contribution in [3.05, 3.63) is 35.4 Å². The molecule has 3 heteroatoms. The molecule has 1 N–H and O–H groups in total. The third kappa shape index (κ3) is 6.71. The highest BCUT2D eigenvalue weighted by Gasteiger charge is 1.96. The van der Waals surface area contributed by atoms with Crippen LogP contribution in [0.1, 0.15) is 18.1 Å². The highest BCUT2D eigenvalue weighted by molar-refractivity contribution is 7.98. The van der Waals surface area contributed by atoms with Crippen molar-refractivity contribution < 1.29 is 4.74 Å². The maximum Gasteiger partial charge on any atom is 0.0590 e. The van der Waals surface area contributed by atoms with Gasteiger partial charge in [0.1, 0.15) is 0 Å². The van der Waals surface area contributed by atoms with Gasteiger partial charge in [-0.2, -0.15) is 11.8 Å². The van der Waals surface area contributed by atoms with Gasteiger partial charge in [-0.15, -0.1) is 0 Å². The first-order valence-electron chi connectivity index (χ1n) is 6.25. The number of benzene rings is 1. The van der Waals surface area contributed by atoms with E-state index in [1.807, 2.05) is 18.7 Å². The minimum absolute atomic E-state index is 0.809. The van der Waals surface area contributed by atoms with E-state index in [0.717, 1.165) is 37.8 Å². The molecular formula is C14H23NOS. The second-order valence-electron chi connectivity index (χ2n) is 3.93. The van der Waals surface area contributed by atoms with Crippen LogP contribution >= 0.6 is 11.8 Å². The number of hydrogen-bond donors (Lipinski definition) is 1. The largest absolute Gasteiger partial charge is 0.380 e. The summed E-state index contributed by atoms with van der Waals surface area (Å²) in [5, 5.41) is 3.38. The number of rotatable bonds is 9. The molecule has 0 heterocycles. The SMILES string of the molecule is CCOCCNCCSCc1ccccc1C. The predicted molar refractivity (Wildman–Crippen MR) is 76.7 cm³/mol. The quantitative estimate of drug-likeness (QED) is 0.684. The molecular weight excluding hydrogens is 230 g/mol. The van der Waals surface area contributed by atoms with Crippen molar-refractivity contribution in [2.24, 2.45) is 0 Å². The van der Waals surface area contributed by atoms with Crippen molar-refractivity contribution in [3.8, 4) is 0 Å². The fraction of sp³-hybridized carbons (Fsp3) is 0.571. The Morgan fingerprint density at radius 2 is 2.06 bits per heavy atom. The second kappa shape index (κ2) is 9.51. The molecule has 0 atom stereocenters. The summed E-state index contributed by atoms with van der Waals surface area (Å²) in [6, 6.07) is 8.60. The highest BCUT2D eigenvalue weighted by Crippen LogP contribution is 2.14. The zero-order valence-electron chi connectivity index (χ0n) is 10.9. The van der Waals surface area contributed by atoms with Gasteiger partial charge in [-0.3, -0.25) is 0 Å². The van der Waals surface area contributed by atoms with Gasteiger partial charge in [-0.25, -0.2) is 0 Å². The van der Waals surface area contributed by atoms with E-state index in [2.05, 4.69) is 36.5 Å². The maximum atomic E-state index is 5.26. The van der Waals surface area contributed by atoms with Crippen LogP contribution < -0.4 is 5.32 Å². The minimum atomic E-state index is 0.809. The molecule has 0 saturated heterocycles. The molecule has 96 valence electrons. The standard InChI is InChI=1S/C14H23NOS/c1-3-16-10-8-15-9-11-17-12-14-7-5-4-6-13(14)2/h4-7,15H,3,8-12H2,1-2H3. The molecule has 0 amide bonds. The van der Waals surface area contributed by atoms with Crippen molar-refractivity contribution in [2.75, 3.05) is 32.1 Å². The molecule has 2 nitrogen and oxygen atoms in total. The Morgan fingerprint density at radius 1 is 1.24 bits per heavy atom. The molecule has 1 aromatic rings. The van der Waals surface area contributed by atoms with Gasteiger partial charge in [0, 0.05) is 31.2 Å². The molecule has 0 aromatic heterocycles. The van der Waals surface area contributed by atoms with Crippen LogP contribution in [0.5, 0.6) is 0 Å². The molecule has 0 aliphatic carbocycles. The summed E-state index contributed by atoms with van der Waals surface area (Å²) in [6.45, 7) is 7.85. The van der Waals surface area contributed by atoms with Crippen LogP contribution in [0.3, 0.4) is 0 Å². The van der Waals surface area contributed by atoms with Crippen LogP contribution in [0, 0.1) is 6.92 Å². The fourth-order valence-corrected chi connectivity index (χ4v) is 2.49. The van der Waals surface area contributed by atoms with E-state index in [1.165, 1.54) is 11.1 Å². The van der Waals surface area contributed by atoms with Crippen LogP contribution in [-0.2, 0) is 10.5 Å². The van der Waals surface area contributed by atoms with Crippen molar-refractivity contribution in [1.82, 2.24) is 5.32 Å². The molecule has 0 unspecified atom stereocenters. The number of aryl methyl sites for hydroxylation is 1. The Bertz CT molecular complexity index is 304. The molecule has 0 fully saturated rings. The Labute approximate surface area is 109 Å². The van der Waals surface area contributed by atoms with Gasteiger partial charge < -0.3 is 10.1 Å². The van der Waals surface area contributed by atoms with Crippen LogP contribution in [-0.4, -0.2) is 32.1 Å². The molecule has 1 rings (SSSR count). The molecule has 0 aliphatic rings. The van der Waals surface area contributed by atoms with Crippen LogP contribution in [0.2, 0.25) is 0 Å². The lowest BCUT2D eigenvalue weighted by Gasteiger charge is -2.06. The molecule has 0 spiro atoms. The maximum absolute atomic E-state index is 5.26. The van der Waals surface area contributed by atoms with E-state index in [4.69, 9.17) is 4.74 Å². The fourth-order valence-electron chi connectivity index (χ4n) is 1.51. The number of hydrogen-bond acceptors (Lipinski definition) is 3. The van der Waals surface area contributed by atoms with Crippen molar-refractivity contribution in [1.29, 1.82) is 0 Å². The molecule has 0 aliphatic heterocycles. The summed E-state index contributed by atoms with van der Waals surface area (Å²) in [6.07, 6.45) is 0. The first-order chi connectivity index (χ1) is 8.34. The topological polar surface area (TPSA) is 21.3 Å². The molecule has 0 radical (unpaired) electrons. The predicted octanol–water partition coefficient (Wildman–Crippen LogP) is 2.85. The number of ether oxygens (including phenoxy) is 1. The van der Waals surface area contributed by atoms with Gasteiger partial charge >= 0.3 is 0 Å². The van der Waals surface area contributed by atoms with Crippen molar-refractivity contribution in [3.63, 3.8) is 0 Å². The lowest BCUT2D eigenvalue weighted by Crippen LogP contribution is -2.22. The highest BCUT2D eigenvalue weighted by atomic mass is 32.2. The van der Waals surface area contributed by atoms with E-state index < -0.39 is 0 Å². The Morgan fingerprint density at radius 3 is 2.82 bits per heavy atom. The molecule has 0 saturated carbocycles. The second-order valence-corrected chi connectivity index (χ2v) is 5.03. The zero-order chi connectivity index (χ0) is 12.3. The van der Waals surface area contributed by atoms with Crippen LogP contribution in [0.25, 0.3) is 0 Å². The lowest BCUT2D eigenvalue weighted by atomic mass is 10.1.